The second-order valence-electron chi connectivity index (χ2n) is 5.12. The summed E-state index contributed by atoms with van der Waals surface area (Å²) in [6.45, 7) is 8.38. The second kappa shape index (κ2) is 10.6. The fourth-order valence-electron chi connectivity index (χ4n) is 2.35. The van der Waals surface area contributed by atoms with E-state index in [9.17, 15) is 8.42 Å². The number of aliphatic imine (C=N–C) groups is 1. The van der Waals surface area contributed by atoms with Gasteiger partial charge in [0, 0.05) is 19.6 Å². The Labute approximate surface area is 146 Å². The van der Waals surface area contributed by atoms with Gasteiger partial charge in [0.25, 0.3) is 0 Å². The lowest BCUT2D eigenvalue weighted by molar-refractivity contribution is 0.300. The van der Waals surface area contributed by atoms with Gasteiger partial charge in [-0.2, -0.15) is 0 Å². The SMILES string of the molecule is CCN(CC)CCCNC(=NC)NC1CCS(=O)(=O)C1.I. The van der Waals surface area contributed by atoms with Gasteiger partial charge in [-0.25, -0.2) is 8.42 Å². The number of rotatable bonds is 7. The minimum absolute atomic E-state index is 0. The molecule has 0 aromatic heterocycles. The van der Waals surface area contributed by atoms with Crippen LogP contribution < -0.4 is 10.6 Å². The average molecular weight is 432 g/mol. The standard InChI is InChI=1S/C13H28N4O2S.HI/c1-4-17(5-2)9-6-8-15-13(14-3)16-12-7-10-20(18,19)11-12;/h12H,4-11H2,1-3H3,(H2,14,15,16);1H. The van der Waals surface area contributed by atoms with Crippen molar-refractivity contribution in [3.05, 3.63) is 0 Å². The van der Waals surface area contributed by atoms with Crippen molar-refractivity contribution in [2.24, 2.45) is 4.99 Å². The van der Waals surface area contributed by atoms with Crippen LogP contribution in [-0.4, -0.2) is 70.1 Å². The molecule has 0 aliphatic carbocycles. The Hall–Kier alpha value is -0.0900. The molecule has 0 radical (unpaired) electrons. The summed E-state index contributed by atoms with van der Waals surface area (Å²) < 4.78 is 22.8. The van der Waals surface area contributed by atoms with Crippen LogP contribution >= 0.6 is 24.0 Å². The van der Waals surface area contributed by atoms with Crippen LogP contribution in [0.4, 0.5) is 0 Å². The molecule has 0 amide bonds. The van der Waals surface area contributed by atoms with Crippen molar-refractivity contribution in [3.8, 4) is 0 Å². The van der Waals surface area contributed by atoms with Crippen LogP contribution in [0.15, 0.2) is 4.99 Å². The Bertz CT molecular complexity index is 410. The number of halogens is 1. The maximum absolute atomic E-state index is 11.4. The third kappa shape index (κ3) is 8.20. The van der Waals surface area contributed by atoms with E-state index in [1.807, 2.05) is 0 Å². The summed E-state index contributed by atoms with van der Waals surface area (Å²) in [5.41, 5.74) is 0. The van der Waals surface area contributed by atoms with Crippen LogP contribution in [0.3, 0.4) is 0 Å². The molecule has 126 valence electrons. The normalized spacial score (nSPS) is 21.1. The minimum Gasteiger partial charge on any atom is -0.356 e. The van der Waals surface area contributed by atoms with Crippen molar-refractivity contribution in [1.29, 1.82) is 0 Å². The molecule has 0 aromatic rings. The van der Waals surface area contributed by atoms with Gasteiger partial charge < -0.3 is 15.5 Å². The minimum atomic E-state index is -2.84. The van der Waals surface area contributed by atoms with E-state index in [0.29, 0.717) is 12.4 Å². The molecule has 0 saturated carbocycles. The quantitative estimate of drug-likeness (QED) is 0.268. The second-order valence-corrected chi connectivity index (χ2v) is 7.35. The first-order valence-corrected chi connectivity index (χ1v) is 9.22. The van der Waals surface area contributed by atoms with Crippen molar-refractivity contribution in [2.45, 2.75) is 32.7 Å². The fraction of sp³-hybridized carbons (Fsp3) is 0.923. The first-order chi connectivity index (χ1) is 9.50. The Morgan fingerprint density at radius 2 is 2.00 bits per heavy atom. The highest BCUT2D eigenvalue weighted by molar-refractivity contribution is 14.0. The van der Waals surface area contributed by atoms with Crippen molar-refractivity contribution in [1.82, 2.24) is 15.5 Å². The molecule has 1 aliphatic heterocycles. The van der Waals surface area contributed by atoms with Gasteiger partial charge in [-0.3, -0.25) is 4.99 Å². The lowest BCUT2D eigenvalue weighted by atomic mass is 10.3. The number of sulfone groups is 1. The molecular weight excluding hydrogens is 403 g/mol. The van der Waals surface area contributed by atoms with Crippen LogP contribution in [0.2, 0.25) is 0 Å². The molecule has 1 atom stereocenters. The summed E-state index contributed by atoms with van der Waals surface area (Å²) in [6, 6.07) is -0.00557. The lowest BCUT2D eigenvalue weighted by Crippen LogP contribution is -2.44. The van der Waals surface area contributed by atoms with E-state index in [1.165, 1.54) is 0 Å². The van der Waals surface area contributed by atoms with Crippen LogP contribution in [0.25, 0.3) is 0 Å². The predicted octanol–water partition coefficient (Wildman–Crippen LogP) is 0.688. The molecule has 1 saturated heterocycles. The largest absolute Gasteiger partial charge is 0.356 e. The monoisotopic (exact) mass is 432 g/mol. The Balaban J connectivity index is 0.00000400. The van der Waals surface area contributed by atoms with Gasteiger partial charge in [0.2, 0.25) is 0 Å². The molecule has 1 unspecified atom stereocenters. The molecule has 21 heavy (non-hydrogen) atoms. The van der Waals surface area contributed by atoms with E-state index in [1.54, 1.807) is 7.05 Å². The van der Waals surface area contributed by atoms with Crippen LogP contribution in [0, 0.1) is 0 Å². The number of hydrogen-bond donors (Lipinski definition) is 2. The number of guanidine groups is 1. The summed E-state index contributed by atoms with van der Waals surface area (Å²) in [6.07, 6.45) is 1.72. The van der Waals surface area contributed by atoms with Crippen molar-refractivity contribution >= 4 is 39.8 Å². The molecule has 1 heterocycles. The average Bonchev–Trinajstić information content (AvgIpc) is 2.76. The molecule has 0 spiro atoms. The van der Waals surface area contributed by atoms with Crippen LogP contribution in [-0.2, 0) is 9.84 Å². The molecule has 0 bridgehead atoms. The first kappa shape index (κ1) is 20.9. The van der Waals surface area contributed by atoms with Gasteiger partial charge in [-0.1, -0.05) is 13.8 Å². The highest BCUT2D eigenvalue weighted by Gasteiger charge is 2.28. The highest BCUT2D eigenvalue weighted by atomic mass is 127. The third-order valence-corrected chi connectivity index (χ3v) is 5.40. The number of nitrogens with zero attached hydrogens (tertiary/aromatic N) is 2. The lowest BCUT2D eigenvalue weighted by Gasteiger charge is -2.19. The zero-order chi connectivity index (χ0) is 15.0. The molecule has 8 heteroatoms. The predicted molar refractivity (Wildman–Crippen MR) is 99.4 cm³/mol. The van der Waals surface area contributed by atoms with E-state index >= 15 is 0 Å². The molecule has 1 fully saturated rings. The zero-order valence-electron chi connectivity index (χ0n) is 13.3. The fourth-order valence-corrected chi connectivity index (χ4v) is 4.02. The first-order valence-electron chi connectivity index (χ1n) is 7.40. The molecule has 1 rings (SSSR count). The summed E-state index contributed by atoms with van der Waals surface area (Å²) in [7, 11) is -1.13. The summed E-state index contributed by atoms with van der Waals surface area (Å²) >= 11 is 0. The Morgan fingerprint density at radius 1 is 1.33 bits per heavy atom. The molecule has 1 aliphatic rings. The van der Waals surface area contributed by atoms with E-state index in [4.69, 9.17) is 0 Å². The topological polar surface area (TPSA) is 73.8 Å². The maximum atomic E-state index is 11.4. The van der Waals surface area contributed by atoms with E-state index < -0.39 is 9.84 Å². The van der Waals surface area contributed by atoms with E-state index in [-0.39, 0.29) is 41.5 Å². The molecule has 0 aromatic carbocycles. The van der Waals surface area contributed by atoms with Gasteiger partial charge in [-0.05, 0) is 32.5 Å². The van der Waals surface area contributed by atoms with Crippen LogP contribution in [0.5, 0.6) is 0 Å². The summed E-state index contributed by atoms with van der Waals surface area (Å²) in [5, 5.41) is 6.43. The summed E-state index contributed by atoms with van der Waals surface area (Å²) in [5.74, 6) is 1.20. The Kier molecular flexibility index (Phi) is 10.6. The molecule has 6 nitrogen and oxygen atoms in total. The van der Waals surface area contributed by atoms with E-state index in [0.717, 1.165) is 32.6 Å². The highest BCUT2D eigenvalue weighted by Crippen LogP contribution is 2.10. The van der Waals surface area contributed by atoms with Crippen molar-refractivity contribution in [3.63, 3.8) is 0 Å². The zero-order valence-corrected chi connectivity index (χ0v) is 16.4. The van der Waals surface area contributed by atoms with E-state index in [2.05, 4.69) is 34.4 Å². The Morgan fingerprint density at radius 3 is 2.48 bits per heavy atom. The van der Waals surface area contributed by atoms with Crippen LogP contribution in [0.1, 0.15) is 26.7 Å². The maximum Gasteiger partial charge on any atom is 0.191 e. The number of hydrogen-bond acceptors (Lipinski definition) is 4. The van der Waals surface area contributed by atoms with Crippen molar-refractivity contribution in [2.75, 3.05) is 44.7 Å². The summed E-state index contributed by atoms with van der Waals surface area (Å²) in [4.78, 5) is 6.52. The number of nitrogens with one attached hydrogen (secondary N) is 2. The van der Waals surface area contributed by atoms with Gasteiger partial charge in [0.05, 0.1) is 11.5 Å². The van der Waals surface area contributed by atoms with Gasteiger partial charge in [0.1, 0.15) is 0 Å². The smallest absolute Gasteiger partial charge is 0.191 e. The van der Waals surface area contributed by atoms with Gasteiger partial charge >= 0.3 is 0 Å². The van der Waals surface area contributed by atoms with Crippen molar-refractivity contribution < 1.29 is 8.42 Å². The molecular formula is C13H29IN4O2S. The molecule has 2 N–H and O–H groups in total. The van der Waals surface area contributed by atoms with Gasteiger partial charge in [-0.15, -0.1) is 24.0 Å². The third-order valence-electron chi connectivity index (χ3n) is 3.63. The van der Waals surface area contributed by atoms with Gasteiger partial charge in [0.15, 0.2) is 15.8 Å².